The van der Waals surface area contributed by atoms with Gasteiger partial charge in [-0.05, 0) is 30.3 Å². The highest BCUT2D eigenvalue weighted by Crippen LogP contribution is 2.31. The SMILES string of the molecule is COc1ccccc1NS(=O)(=O)c1cc([N+](=O)[O-])ccc1N/N=C/c1c(F)cccc1Cl. The Morgan fingerprint density at radius 1 is 1.12 bits per heavy atom. The summed E-state index contributed by atoms with van der Waals surface area (Å²) in [6, 6.07) is 13.5. The predicted molar refractivity (Wildman–Crippen MR) is 120 cm³/mol. The Morgan fingerprint density at radius 3 is 2.56 bits per heavy atom. The summed E-state index contributed by atoms with van der Waals surface area (Å²) in [7, 11) is -2.94. The molecule has 9 nitrogen and oxygen atoms in total. The van der Waals surface area contributed by atoms with Crippen molar-refractivity contribution in [1.29, 1.82) is 0 Å². The zero-order valence-electron chi connectivity index (χ0n) is 16.5. The standard InChI is InChI=1S/C20H16ClFN4O5S/c1-31-19-8-3-2-7-17(19)25-32(29,30)20-11-13(26(27)28)9-10-18(20)24-23-12-14-15(21)5-4-6-16(14)22/h2-12,24-25H,1H3/b23-12+. The third-order valence-electron chi connectivity index (χ3n) is 4.20. The molecule has 0 aliphatic carbocycles. The molecule has 12 heteroatoms. The van der Waals surface area contributed by atoms with E-state index < -0.39 is 31.3 Å². The fraction of sp³-hybridized carbons (Fsp3) is 0.0500. The number of para-hydroxylation sites is 2. The predicted octanol–water partition coefficient (Wildman–Crippen LogP) is 4.64. The third-order valence-corrected chi connectivity index (χ3v) is 5.93. The molecule has 0 spiro atoms. The summed E-state index contributed by atoms with van der Waals surface area (Å²) in [6.07, 6.45) is 1.07. The Bertz CT molecular complexity index is 1280. The molecule has 0 unspecified atom stereocenters. The van der Waals surface area contributed by atoms with E-state index in [1.165, 1.54) is 37.4 Å². The van der Waals surface area contributed by atoms with Gasteiger partial charge in [-0.25, -0.2) is 12.8 Å². The van der Waals surface area contributed by atoms with Crippen LogP contribution in [0.3, 0.4) is 0 Å². The van der Waals surface area contributed by atoms with Crippen molar-refractivity contribution in [2.45, 2.75) is 4.90 Å². The first kappa shape index (κ1) is 23.0. The van der Waals surface area contributed by atoms with Crippen molar-refractivity contribution in [3.63, 3.8) is 0 Å². The first-order chi connectivity index (χ1) is 15.2. The van der Waals surface area contributed by atoms with E-state index in [-0.39, 0.29) is 27.7 Å². The van der Waals surface area contributed by atoms with Gasteiger partial charge in [0.1, 0.15) is 16.5 Å². The Balaban J connectivity index is 1.99. The fourth-order valence-electron chi connectivity index (χ4n) is 2.67. The van der Waals surface area contributed by atoms with Gasteiger partial charge in [-0.2, -0.15) is 5.10 Å². The second kappa shape index (κ2) is 9.62. The average Bonchev–Trinajstić information content (AvgIpc) is 2.76. The van der Waals surface area contributed by atoms with Crippen LogP contribution in [0.15, 0.2) is 70.7 Å². The lowest BCUT2D eigenvalue weighted by Gasteiger charge is -2.14. The van der Waals surface area contributed by atoms with Gasteiger partial charge in [-0.3, -0.25) is 20.3 Å². The van der Waals surface area contributed by atoms with Gasteiger partial charge in [0.2, 0.25) is 0 Å². The van der Waals surface area contributed by atoms with Crippen LogP contribution in [-0.2, 0) is 10.0 Å². The maximum absolute atomic E-state index is 13.9. The van der Waals surface area contributed by atoms with Crippen molar-refractivity contribution in [2.24, 2.45) is 5.10 Å². The molecule has 0 amide bonds. The van der Waals surface area contributed by atoms with E-state index in [0.717, 1.165) is 18.3 Å². The van der Waals surface area contributed by atoms with Gasteiger partial charge in [0, 0.05) is 17.7 Å². The van der Waals surface area contributed by atoms with E-state index in [9.17, 15) is 22.9 Å². The number of hydrogen-bond acceptors (Lipinski definition) is 7. The Morgan fingerprint density at radius 2 is 1.88 bits per heavy atom. The summed E-state index contributed by atoms with van der Waals surface area (Å²) in [5.74, 6) is -0.374. The molecule has 0 aliphatic heterocycles. The van der Waals surface area contributed by atoms with Crippen LogP contribution in [0.1, 0.15) is 5.56 Å². The first-order valence-electron chi connectivity index (χ1n) is 8.90. The van der Waals surface area contributed by atoms with Crippen LogP contribution in [0.5, 0.6) is 5.75 Å². The van der Waals surface area contributed by atoms with Gasteiger partial charge in [-0.1, -0.05) is 29.8 Å². The lowest BCUT2D eigenvalue weighted by molar-refractivity contribution is -0.385. The van der Waals surface area contributed by atoms with E-state index in [1.54, 1.807) is 18.2 Å². The van der Waals surface area contributed by atoms with Gasteiger partial charge >= 0.3 is 0 Å². The number of halogens is 2. The highest BCUT2D eigenvalue weighted by molar-refractivity contribution is 7.93. The van der Waals surface area contributed by atoms with E-state index in [0.29, 0.717) is 0 Å². The van der Waals surface area contributed by atoms with Gasteiger partial charge in [-0.15, -0.1) is 0 Å². The quantitative estimate of drug-likeness (QED) is 0.276. The number of nitro groups is 1. The number of non-ortho nitro benzene ring substituents is 1. The maximum atomic E-state index is 13.9. The van der Waals surface area contributed by atoms with Crippen molar-refractivity contribution in [3.05, 3.63) is 87.2 Å². The molecule has 0 saturated carbocycles. The van der Waals surface area contributed by atoms with E-state index in [4.69, 9.17) is 16.3 Å². The molecule has 32 heavy (non-hydrogen) atoms. The first-order valence-corrected chi connectivity index (χ1v) is 10.8. The highest BCUT2D eigenvalue weighted by atomic mass is 35.5. The number of rotatable bonds is 8. The molecule has 0 radical (unpaired) electrons. The minimum Gasteiger partial charge on any atom is -0.495 e. The van der Waals surface area contributed by atoms with Crippen LogP contribution in [0.4, 0.5) is 21.5 Å². The Hall–Kier alpha value is -3.70. The second-order valence-corrected chi connectivity index (χ2v) is 8.31. The molecular weight excluding hydrogens is 463 g/mol. The molecule has 3 rings (SSSR count). The molecule has 166 valence electrons. The summed E-state index contributed by atoms with van der Waals surface area (Å²) in [4.78, 5) is 10.0. The molecule has 3 aromatic rings. The van der Waals surface area contributed by atoms with E-state index >= 15 is 0 Å². The Kier molecular flexibility index (Phi) is 6.91. The number of nitro benzene ring substituents is 1. The van der Waals surface area contributed by atoms with Crippen LogP contribution >= 0.6 is 11.6 Å². The monoisotopic (exact) mass is 478 g/mol. The van der Waals surface area contributed by atoms with Crippen molar-refractivity contribution in [1.82, 2.24) is 0 Å². The van der Waals surface area contributed by atoms with Crippen molar-refractivity contribution in [3.8, 4) is 5.75 Å². The summed E-state index contributed by atoms with van der Waals surface area (Å²) < 4.78 is 47.5. The largest absolute Gasteiger partial charge is 0.495 e. The normalized spacial score (nSPS) is 11.3. The number of ether oxygens (including phenoxy) is 1. The molecule has 3 aromatic carbocycles. The lowest BCUT2D eigenvalue weighted by atomic mass is 10.2. The zero-order chi connectivity index (χ0) is 23.3. The number of hydrogen-bond donors (Lipinski definition) is 2. The Labute approximate surface area is 187 Å². The number of nitrogens with one attached hydrogen (secondary N) is 2. The number of nitrogens with zero attached hydrogens (tertiary/aromatic N) is 2. The number of anilines is 2. The maximum Gasteiger partial charge on any atom is 0.270 e. The summed E-state index contributed by atoms with van der Waals surface area (Å²) in [5.41, 5.74) is 2.06. The molecule has 0 heterocycles. The van der Waals surface area contributed by atoms with Crippen molar-refractivity contribution >= 4 is 44.9 Å². The minimum atomic E-state index is -4.31. The summed E-state index contributed by atoms with van der Waals surface area (Å²) >= 11 is 5.94. The number of benzene rings is 3. The highest BCUT2D eigenvalue weighted by Gasteiger charge is 2.23. The summed E-state index contributed by atoms with van der Waals surface area (Å²) in [5, 5.41) is 15.1. The number of methoxy groups -OCH3 is 1. The molecular formula is C20H16ClFN4O5S. The molecule has 2 N–H and O–H groups in total. The van der Waals surface area contributed by atoms with Crippen molar-refractivity contribution in [2.75, 3.05) is 17.3 Å². The molecule has 0 saturated heterocycles. The fourth-order valence-corrected chi connectivity index (χ4v) is 4.13. The smallest absolute Gasteiger partial charge is 0.270 e. The molecule has 0 atom stereocenters. The lowest BCUT2D eigenvalue weighted by Crippen LogP contribution is -2.15. The van der Waals surface area contributed by atoms with Crippen LogP contribution < -0.4 is 14.9 Å². The van der Waals surface area contributed by atoms with Gasteiger partial charge in [0.05, 0.1) is 34.6 Å². The second-order valence-electron chi connectivity index (χ2n) is 6.25. The van der Waals surface area contributed by atoms with Gasteiger partial charge < -0.3 is 4.74 Å². The van der Waals surface area contributed by atoms with Crippen molar-refractivity contribution < 1.29 is 22.5 Å². The van der Waals surface area contributed by atoms with Crippen LogP contribution in [-0.4, -0.2) is 26.7 Å². The topological polar surface area (TPSA) is 123 Å². The summed E-state index contributed by atoms with van der Waals surface area (Å²) in [6.45, 7) is 0. The molecule has 0 fully saturated rings. The molecule has 0 aromatic heterocycles. The van der Waals surface area contributed by atoms with E-state index in [2.05, 4.69) is 15.2 Å². The molecule has 0 aliphatic rings. The average molecular weight is 479 g/mol. The molecule has 0 bridgehead atoms. The third kappa shape index (κ3) is 5.13. The van der Waals surface area contributed by atoms with Crippen LogP contribution in [0, 0.1) is 15.9 Å². The minimum absolute atomic E-state index is 0.0138. The number of hydrazone groups is 1. The van der Waals surface area contributed by atoms with Crippen LogP contribution in [0.25, 0.3) is 0 Å². The van der Waals surface area contributed by atoms with Crippen LogP contribution in [0.2, 0.25) is 5.02 Å². The zero-order valence-corrected chi connectivity index (χ0v) is 18.0. The number of sulfonamides is 1. The van der Waals surface area contributed by atoms with E-state index in [1.807, 2.05) is 0 Å². The van der Waals surface area contributed by atoms with Gasteiger partial charge in [0.25, 0.3) is 15.7 Å². The van der Waals surface area contributed by atoms with Gasteiger partial charge in [0.15, 0.2) is 0 Å².